The van der Waals surface area contributed by atoms with E-state index in [4.69, 9.17) is 11.6 Å². The molecule has 2 aromatic rings. The van der Waals surface area contributed by atoms with Crippen LogP contribution < -0.4 is 0 Å². The number of rotatable bonds is 3. The minimum absolute atomic E-state index is 0.0251. The molecule has 2 rings (SSSR count). The van der Waals surface area contributed by atoms with Gasteiger partial charge in [-0.1, -0.05) is 51.8 Å². The number of aromatic hydroxyl groups is 1. The predicted molar refractivity (Wildman–Crippen MR) is 80.6 cm³/mol. The number of phenols is 1. The van der Waals surface area contributed by atoms with Gasteiger partial charge in [-0.3, -0.25) is 4.79 Å². The van der Waals surface area contributed by atoms with Gasteiger partial charge in [0.15, 0.2) is 5.78 Å². The highest BCUT2D eigenvalue weighted by Crippen LogP contribution is 2.24. The molecule has 0 aromatic heterocycles. The van der Waals surface area contributed by atoms with Crippen molar-refractivity contribution in [2.24, 2.45) is 0 Å². The van der Waals surface area contributed by atoms with Gasteiger partial charge in [0.2, 0.25) is 0 Å². The molecule has 0 aliphatic rings. The molecule has 0 aliphatic heterocycles. The molecule has 0 saturated heterocycles. The van der Waals surface area contributed by atoms with Crippen LogP contribution in [0, 0.1) is 0 Å². The summed E-state index contributed by atoms with van der Waals surface area (Å²) >= 11 is 9.11. The third-order valence-electron chi connectivity index (χ3n) is 2.51. The molecule has 0 radical (unpaired) electrons. The van der Waals surface area contributed by atoms with Crippen molar-refractivity contribution in [2.45, 2.75) is 0 Å². The number of hydrogen-bond acceptors (Lipinski definition) is 2. The van der Waals surface area contributed by atoms with E-state index in [-0.39, 0.29) is 16.6 Å². The predicted octanol–water partition coefficient (Wildman–Crippen LogP) is 4.70. The largest absolute Gasteiger partial charge is 0.506 e. The van der Waals surface area contributed by atoms with Gasteiger partial charge >= 0.3 is 0 Å². The van der Waals surface area contributed by atoms with E-state index in [1.165, 1.54) is 12.1 Å². The van der Waals surface area contributed by atoms with Gasteiger partial charge in [-0.15, -0.1) is 0 Å². The second-order valence-corrected chi connectivity index (χ2v) is 5.24. The van der Waals surface area contributed by atoms with E-state index < -0.39 is 0 Å². The van der Waals surface area contributed by atoms with Crippen molar-refractivity contribution in [2.75, 3.05) is 0 Å². The Balaban J connectivity index is 2.18. The maximum Gasteiger partial charge on any atom is 0.185 e. The molecule has 0 amide bonds. The van der Waals surface area contributed by atoms with Crippen molar-refractivity contribution in [3.8, 4) is 5.75 Å². The summed E-state index contributed by atoms with van der Waals surface area (Å²) in [6, 6.07) is 12.0. The molecule has 0 spiro atoms. The lowest BCUT2D eigenvalue weighted by Gasteiger charge is -1.99. The Hall–Kier alpha value is -1.58. The molecule has 0 atom stereocenters. The van der Waals surface area contributed by atoms with E-state index in [0.717, 1.165) is 10.0 Å². The van der Waals surface area contributed by atoms with Gasteiger partial charge in [-0.2, -0.15) is 0 Å². The van der Waals surface area contributed by atoms with E-state index >= 15 is 0 Å². The fraction of sp³-hybridized carbons (Fsp3) is 0. The van der Waals surface area contributed by atoms with Gasteiger partial charge in [0.25, 0.3) is 0 Å². The first kappa shape index (κ1) is 13.8. The van der Waals surface area contributed by atoms with Crippen molar-refractivity contribution >= 4 is 39.4 Å². The normalized spacial score (nSPS) is 10.8. The maximum absolute atomic E-state index is 11.9. The summed E-state index contributed by atoms with van der Waals surface area (Å²) in [7, 11) is 0. The topological polar surface area (TPSA) is 37.3 Å². The lowest BCUT2D eigenvalue weighted by Crippen LogP contribution is -1.93. The van der Waals surface area contributed by atoms with Crippen LogP contribution >= 0.6 is 27.5 Å². The molecular weight excluding hydrogens is 328 g/mol. The van der Waals surface area contributed by atoms with E-state index in [1.54, 1.807) is 30.3 Å². The molecule has 0 heterocycles. The van der Waals surface area contributed by atoms with Crippen molar-refractivity contribution in [1.29, 1.82) is 0 Å². The molecule has 0 saturated carbocycles. The third-order valence-corrected chi connectivity index (χ3v) is 3.30. The van der Waals surface area contributed by atoms with Crippen LogP contribution in [0.15, 0.2) is 53.0 Å². The van der Waals surface area contributed by atoms with Crippen LogP contribution in [-0.2, 0) is 0 Å². The van der Waals surface area contributed by atoms with E-state index in [2.05, 4.69) is 15.9 Å². The van der Waals surface area contributed by atoms with Gasteiger partial charge in [-0.25, -0.2) is 0 Å². The molecule has 2 nitrogen and oxygen atoms in total. The molecule has 0 bridgehead atoms. The molecule has 96 valence electrons. The maximum atomic E-state index is 11.9. The van der Waals surface area contributed by atoms with Gasteiger partial charge in [-0.05, 0) is 35.9 Å². The number of phenolic OH excluding ortho intramolecular Hbond substituents is 1. The van der Waals surface area contributed by atoms with Crippen LogP contribution in [0.25, 0.3) is 6.08 Å². The molecule has 4 heteroatoms. The summed E-state index contributed by atoms with van der Waals surface area (Å²) in [6.45, 7) is 0. The van der Waals surface area contributed by atoms with Crippen LogP contribution in [0.1, 0.15) is 15.9 Å². The highest BCUT2D eigenvalue weighted by molar-refractivity contribution is 9.10. The number of allylic oxidation sites excluding steroid dienone is 1. The smallest absolute Gasteiger partial charge is 0.185 e. The zero-order chi connectivity index (χ0) is 13.8. The van der Waals surface area contributed by atoms with Crippen LogP contribution in [0.4, 0.5) is 0 Å². The Morgan fingerprint density at radius 1 is 1.21 bits per heavy atom. The summed E-state index contributed by atoms with van der Waals surface area (Å²) < 4.78 is 0.861. The Morgan fingerprint density at radius 3 is 2.68 bits per heavy atom. The second kappa shape index (κ2) is 6.04. The number of hydrogen-bond donors (Lipinski definition) is 1. The standard InChI is InChI=1S/C15H10BrClO2/c16-12-3-1-2-11(9-12)14(18)6-4-10-5-7-15(19)13(17)8-10/h1-9,19H. The van der Waals surface area contributed by atoms with Crippen LogP contribution in [0.2, 0.25) is 5.02 Å². The minimum atomic E-state index is -0.0921. The Kier molecular flexibility index (Phi) is 4.40. The SMILES string of the molecule is O=C(C=Cc1ccc(O)c(Cl)c1)c1cccc(Br)c1. The summed E-state index contributed by atoms with van der Waals surface area (Å²) in [6.07, 6.45) is 3.14. The lowest BCUT2D eigenvalue weighted by molar-refractivity contribution is 0.104. The summed E-state index contributed by atoms with van der Waals surface area (Å²) in [5.41, 5.74) is 1.36. The fourth-order valence-corrected chi connectivity index (χ4v) is 2.12. The first-order chi connectivity index (χ1) is 9.06. The highest BCUT2D eigenvalue weighted by Gasteiger charge is 2.02. The number of carbonyl (C=O) groups is 1. The van der Waals surface area contributed by atoms with E-state index in [0.29, 0.717) is 5.56 Å². The first-order valence-corrected chi connectivity index (χ1v) is 6.70. The molecule has 19 heavy (non-hydrogen) atoms. The minimum Gasteiger partial charge on any atom is -0.506 e. The third kappa shape index (κ3) is 3.69. The molecule has 0 unspecified atom stereocenters. The summed E-state index contributed by atoms with van der Waals surface area (Å²) in [5.74, 6) is -0.0670. The molecule has 1 N–H and O–H groups in total. The van der Waals surface area contributed by atoms with Gasteiger partial charge in [0.1, 0.15) is 5.75 Å². The quantitative estimate of drug-likeness (QED) is 0.651. The van der Waals surface area contributed by atoms with Crippen molar-refractivity contribution < 1.29 is 9.90 Å². The van der Waals surface area contributed by atoms with E-state index in [9.17, 15) is 9.90 Å². The summed E-state index contributed by atoms with van der Waals surface area (Å²) in [4.78, 5) is 11.9. The number of ketones is 1. The lowest BCUT2D eigenvalue weighted by atomic mass is 10.1. The molecule has 0 aliphatic carbocycles. The zero-order valence-electron chi connectivity index (χ0n) is 9.81. The number of halogens is 2. The molecule has 2 aromatic carbocycles. The van der Waals surface area contributed by atoms with Crippen LogP contribution in [0.5, 0.6) is 5.75 Å². The van der Waals surface area contributed by atoms with Crippen molar-refractivity contribution in [3.63, 3.8) is 0 Å². The fourth-order valence-electron chi connectivity index (χ4n) is 1.54. The molecule has 0 fully saturated rings. The van der Waals surface area contributed by atoms with Gasteiger partial charge in [0, 0.05) is 10.0 Å². The summed E-state index contributed by atoms with van der Waals surface area (Å²) in [5, 5.41) is 9.56. The Morgan fingerprint density at radius 2 is 2.00 bits per heavy atom. The highest BCUT2D eigenvalue weighted by atomic mass is 79.9. The number of carbonyl (C=O) groups excluding carboxylic acids is 1. The zero-order valence-corrected chi connectivity index (χ0v) is 12.1. The van der Waals surface area contributed by atoms with Gasteiger partial charge < -0.3 is 5.11 Å². The Bertz CT molecular complexity index is 650. The average molecular weight is 338 g/mol. The molecular formula is C15H10BrClO2. The average Bonchev–Trinajstić information content (AvgIpc) is 2.40. The number of benzene rings is 2. The van der Waals surface area contributed by atoms with Crippen LogP contribution in [-0.4, -0.2) is 10.9 Å². The first-order valence-electron chi connectivity index (χ1n) is 5.53. The van der Waals surface area contributed by atoms with Crippen molar-refractivity contribution in [3.05, 3.63) is 69.2 Å². The second-order valence-electron chi connectivity index (χ2n) is 3.92. The van der Waals surface area contributed by atoms with Gasteiger partial charge in [0.05, 0.1) is 5.02 Å². The van der Waals surface area contributed by atoms with E-state index in [1.807, 2.05) is 12.1 Å². The Labute approximate surface area is 124 Å². The van der Waals surface area contributed by atoms with Crippen LogP contribution in [0.3, 0.4) is 0 Å². The van der Waals surface area contributed by atoms with Crippen molar-refractivity contribution in [1.82, 2.24) is 0 Å². The monoisotopic (exact) mass is 336 g/mol.